The van der Waals surface area contributed by atoms with Crippen LogP contribution in [0.1, 0.15) is 35.4 Å². The number of pyridine rings is 1. The van der Waals surface area contributed by atoms with Crippen molar-refractivity contribution in [1.82, 2.24) is 14.2 Å². The molecule has 11 nitrogen and oxygen atoms in total. The van der Waals surface area contributed by atoms with Gasteiger partial charge in [0.1, 0.15) is 0 Å². The number of aliphatic carboxylic acids is 2. The van der Waals surface area contributed by atoms with Gasteiger partial charge < -0.3 is 19.5 Å². The highest BCUT2D eigenvalue weighted by atomic mass is 79.9. The summed E-state index contributed by atoms with van der Waals surface area (Å²) in [6, 6.07) is 6.82. The van der Waals surface area contributed by atoms with Gasteiger partial charge in [0.2, 0.25) is 10.0 Å². The minimum absolute atomic E-state index is 0.0955. The van der Waals surface area contributed by atoms with Crippen molar-refractivity contribution in [3.63, 3.8) is 0 Å². The van der Waals surface area contributed by atoms with E-state index in [1.165, 1.54) is 9.21 Å². The molecule has 33 heavy (non-hydrogen) atoms. The molecule has 0 aromatic carbocycles. The van der Waals surface area contributed by atoms with Gasteiger partial charge in [-0.1, -0.05) is 6.42 Å². The number of sulfonamides is 1. The molecule has 1 amide bonds. The zero-order chi connectivity index (χ0) is 24.4. The molecule has 0 bridgehead atoms. The minimum atomic E-state index is -3.39. The summed E-state index contributed by atoms with van der Waals surface area (Å²) in [5.74, 6) is -3.92. The standard InChI is InChI=1S/C18H22BrN3O4S.C2H2O4/c19-17-5-4-16(26-17)18(23)21(14-15-6-8-20-9-7-15)12-13-27(24,25)22-10-2-1-3-11-22;3-1(4)2(5)6/h4-9H,1-3,10-14H2;(H,3,4)(H,5,6). The van der Waals surface area contributed by atoms with Crippen LogP contribution in [0.25, 0.3) is 0 Å². The van der Waals surface area contributed by atoms with Crippen LogP contribution in [0, 0.1) is 0 Å². The fourth-order valence-electron chi connectivity index (χ4n) is 3.04. The van der Waals surface area contributed by atoms with Gasteiger partial charge in [0.15, 0.2) is 10.4 Å². The van der Waals surface area contributed by atoms with E-state index in [1.807, 2.05) is 0 Å². The molecule has 2 aromatic heterocycles. The van der Waals surface area contributed by atoms with Crippen LogP contribution in [0.15, 0.2) is 45.7 Å². The number of furan rings is 1. The summed E-state index contributed by atoms with van der Waals surface area (Å²) in [5.41, 5.74) is 0.874. The van der Waals surface area contributed by atoms with Crippen molar-refractivity contribution in [2.45, 2.75) is 25.8 Å². The second kappa shape index (κ2) is 12.5. The fraction of sp³-hybridized carbons (Fsp3) is 0.400. The molecule has 180 valence electrons. The van der Waals surface area contributed by atoms with Crippen molar-refractivity contribution >= 4 is 43.8 Å². The van der Waals surface area contributed by atoms with Gasteiger partial charge in [0.25, 0.3) is 5.91 Å². The Bertz CT molecular complexity index is 1040. The van der Waals surface area contributed by atoms with Crippen LogP contribution in [0.5, 0.6) is 0 Å². The van der Waals surface area contributed by atoms with E-state index in [2.05, 4.69) is 20.9 Å². The van der Waals surface area contributed by atoms with Gasteiger partial charge in [-0.15, -0.1) is 0 Å². The first-order valence-electron chi connectivity index (χ1n) is 9.97. The summed E-state index contributed by atoms with van der Waals surface area (Å²) in [7, 11) is -3.39. The van der Waals surface area contributed by atoms with E-state index in [0.29, 0.717) is 17.8 Å². The summed E-state index contributed by atoms with van der Waals surface area (Å²) in [5, 5.41) is 14.8. The minimum Gasteiger partial charge on any atom is -0.473 e. The highest BCUT2D eigenvalue weighted by Gasteiger charge is 2.27. The first kappa shape index (κ1) is 26.5. The molecule has 3 heterocycles. The van der Waals surface area contributed by atoms with Gasteiger partial charge in [0, 0.05) is 38.6 Å². The fourth-order valence-corrected chi connectivity index (χ4v) is 4.87. The van der Waals surface area contributed by atoms with Crippen molar-refractivity contribution in [2.24, 2.45) is 0 Å². The molecule has 2 N–H and O–H groups in total. The number of amides is 1. The summed E-state index contributed by atoms with van der Waals surface area (Å²) in [6.07, 6.45) is 6.13. The Morgan fingerprint density at radius 3 is 2.15 bits per heavy atom. The number of aromatic nitrogens is 1. The smallest absolute Gasteiger partial charge is 0.414 e. The number of carboxylic acid groups (broad SMARTS) is 2. The summed E-state index contributed by atoms with van der Waals surface area (Å²) >= 11 is 3.19. The first-order chi connectivity index (χ1) is 15.6. The Labute approximate surface area is 199 Å². The molecule has 1 aliphatic heterocycles. The van der Waals surface area contributed by atoms with Gasteiger partial charge in [-0.2, -0.15) is 0 Å². The summed E-state index contributed by atoms with van der Waals surface area (Å²) in [6.45, 7) is 1.50. The van der Waals surface area contributed by atoms with Crippen LogP contribution in [-0.4, -0.2) is 76.1 Å². The third kappa shape index (κ3) is 8.59. The molecule has 0 aliphatic carbocycles. The van der Waals surface area contributed by atoms with Crippen LogP contribution >= 0.6 is 15.9 Å². The van der Waals surface area contributed by atoms with E-state index in [-0.39, 0.29) is 30.5 Å². The largest absolute Gasteiger partial charge is 0.473 e. The molecule has 1 saturated heterocycles. The second-order valence-corrected chi connectivity index (χ2v) is 9.94. The SMILES string of the molecule is O=C(O)C(=O)O.O=C(c1ccc(Br)o1)N(CCS(=O)(=O)N1CCCCC1)Cc1ccncc1. The monoisotopic (exact) mass is 545 g/mol. The highest BCUT2D eigenvalue weighted by molar-refractivity contribution is 9.10. The van der Waals surface area contributed by atoms with Crippen LogP contribution < -0.4 is 0 Å². The number of hydrogen-bond donors (Lipinski definition) is 2. The van der Waals surface area contributed by atoms with Crippen LogP contribution in [0.3, 0.4) is 0 Å². The van der Waals surface area contributed by atoms with Gasteiger partial charge in [-0.3, -0.25) is 9.78 Å². The molecule has 0 saturated carbocycles. The Morgan fingerprint density at radius 2 is 1.64 bits per heavy atom. The van der Waals surface area contributed by atoms with Gasteiger partial charge in [-0.05, 0) is 58.6 Å². The number of halogens is 1. The first-order valence-corrected chi connectivity index (χ1v) is 12.4. The maximum atomic E-state index is 12.8. The van der Waals surface area contributed by atoms with Crippen LogP contribution in [-0.2, 0) is 26.2 Å². The van der Waals surface area contributed by atoms with E-state index in [9.17, 15) is 13.2 Å². The average molecular weight is 546 g/mol. The third-order valence-corrected chi connectivity index (χ3v) is 6.98. The number of carboxylic acids is 2. The molecule has 1 fully saturated rings. The van der Waals surface area contributed by atoms with E-state index < -0.39 is 22.0 Å². The molecule has 2 aromatic rings. The maximum Gasteiger partial charge on any atom is 0.414 e. The Kier molecular flexibility index (Phi) is 10.0. The summed E-state index contributed by atoms with van der Waals surface area (Å²) in [4.78, 5) is 36.5. The van der Waals surface area contributed by atoms with Crippen molar-refractivity contribution < 1.29 is 37.4 Å². The second-order valence-electron chi connectivity index (χ2n) is 7.07. The lowest BCUT2D eigenvalue weighted by Gasteiger charge is -2.28. The highest BCUT2D eigenvalue weighted by Crippen LogP contribution is 2.18. The topological polar surface area (TPSA) is 158 Å². The maximum absolute atomic E-state index is 12.8. The zero-order valence-corrected chi connectivity index (χ0v) is 20.0. The third-order valence-electron chi connectivity index (χ3n) is 4.70. The number of carbonyl (C=O) groups is 3. The number of rotatable bonds is 7. The lowest BCUT2D eigenvalue weighted by molar-refractivity contribution is -0.159. The van der Waals surface area contributed by atoms with Crippen LogP contribution in [0.4, 0.5) is 0 Å². The Balaban J connectivity index is 0.000000569. The lowest BCUT2D eigenvalue weighted by Crippen LogP contribution is -2.41. The van der Waals surface area contributed by atoms with Crippen molar-refractivity contribution in [1.29, 1.82) is 0 Å². The number of piperidine rings is 1. The molecule has 3 rings (SSSR count). The van der Waals surface area contributed by atoms with Crippen molar-refractivity contribution in [2.75, 3.05) is 25.4 Å². The molecule has 1 aliphatic rings. The molecule has 0 spiro atoms. The average Bonchev–Trinajstić information content (AvgIpc) is 3.24. The predicted octanol–water partition coefficient (Wildman–Crippen LogP) is 2.05. The predicted molar refractivity (Wildman–Crippen MR) is 120 cm³/mol. The van der Waals surface area contributed by atoms with Crippen molar-refractivity contribution in [3.8, 4) is 0 Å². The Hall–Kier alpha value is -2.77. The zero-order valence-electron chi connectivity index (χ0n) is 17.6. The number of nitrogens with zero attached hydrogens (tertiary/aromatic N) is 3. The number of carbonyl (C=O) groups excluding carboxylic acids is 1. The number of hydrogen-bond acceptors (Lipinski definition) is 7. The van der Waals surface area contributed by atoms with Gasteiger partial charge in [-0.25, -0.2) is 22.3 Å². The molecule has 0 atom stereocenters. The van der Waals surface area contributed by atoms with Gasteiger partial charge >= 0.3 is 11.9 Å². The Morgan fingerprint density at radius 1 is 1.03 bits per heavy atom. The van der Waals surface area contributed by atoms with Crippen molar-refractivity contribution in [3.05, 3.63) is 52.7 Å². The van der Waals surface area contributed by atoms with E-state index >= 15 is 0 Å². The lowest BCUT2D eigenvalue weighted by atomic mass is 10.2. The molecule has 0 radical (unpaired) electrons. The quantitative estimate of drug-likeness (QED) is 0.496. The normalized spacial score (nSPS) is 14.1. The molecule has 13 heteroatoms. The molecular weight excluding hydrogens is 522 g/mol. The van der Waals surface area contributed by atoms with Gasteiger partial charge in [0.05, 0.1) is 5.75 Å². The van der Waals surface area contributed by atoms with Crippen LogP contribution in [0.2, 0.25) is 0 Å². The van der Waals surface area contributed by atoms with E-state index in [1.54, 1.807) is 36.7 Å². The molecule has 0 unspecified atom stereocenters. The van der Waals surface area contributed by atoms with E-state index in [0.717, 1.165) is 24.8 Å². The van der Waals surface area contributed by atoms with E-state index in [4.69, 9.17) is 24.2 Å². The summed E-state index contributed by atoms with van der Waals surface area (Å²) < 4.78 is 32.7. The molecular formula is C20H24BrN3O8S.